The molecule has 12 nitrogen and oxygen atoms in total. The highest BCUT2D eigenvalue weighted by molar-refractivity contribution is 7.98. The van der Waals surface area contributed by atoms with Crippen LogP contribution in [0.5, 0.6) is 28.7 Å². The molecule has 0 unspecified atom stereocenters. The van der Waals surface area contributed by atoms with Gasteiger partial charge in [0, 0.05) is 45.2 Å². The molecule has 2 aliphatic heterocycles. The van der Waals surface area contributed by atoms with Crippen molar-refractivity contribution in [3.63, 3.8) is 0 Å². The van der Waals surface area contributed by atoms with Gasteiger partial charge >= 0.3 is 0 Å². The van der Waals surface area contributed by atoms with Crippen LogP contribution in [0.15, 0.2) is 47.3 Å². The topological polar surface area (TPSA) is 128 Å². The lowest BCUT2D eigenvalue weighted by Crippen LogP contribution is -2.52. The predicted octanol–water partition coefficient (Wildman–Crippen LogP) is 4.47. The molecule has 2 amide bonds. The summed E-state index contributed by atoms with van der Waals surface area (Å²) in [7, 11) is 4.70. The van der Waals surface area contributed by atoms with Gasteiger partial charge in [0.25, 0.3) is 0 Å². The van der Waals surface area contributed by atoms with Gasteiger partial charge in [-0.05, 0) is 83.9 Å². The summed E-state index contributed by atoms with van der Waals surface area (Å²) in [6.45, 7) is 5.10. The third kappa shape index (κ3) is 7.84. The molecular weight excluding hydrogens is 673 g/mol. The van der Waals surface area contributed by atoms with Gasteiger partial charge in [-0.15, -0.1) is 0 Å². The minimum absolute atomic E-state index is 0.0285. The number of piperazine rings is 1. The lowest BCUT2D eigenvalue weighted by atomic mass is 9.95. The molecule has 2 atom stereocenters. The van der Waals surface area contributed by atoms with E-state index >= 15 is 0 Å². The second-order valence-corrected chi connectivity index (χ2v) is 13.8. The minimum Gasteiger partial charge on any atom is -0.493 e. The molecule has 2 heterocycles. The molecule has 0 aromatic heterocycles. The molecule has 0 spiro atoms. The summed E-state index contributed by atoms with van der Waals surface area (Å²) in [6, 6.07) is 12.1. The van der Waals surface area contributed by atoms with Crippen LogP contribution < -0.4 is 39.7 Å². The smallest absolute Gasteiger partial charge is 0.245 e. The van der Waals surface area contributed by atoms with E-state index in [1.54, 1.807) is 45.2 Å². The summed E-state index contributed by atoms with van der Waals surface area (Å²) in [5, 5.41) is 6.39. The minimum atomic E-state index is -0.593. The second-order valence-electron chi connectivity index (χ2n) is 12.9. The molecule has 1 fully saturated rings. The van der Waals surface area contributed by atoms with Crippen molar-refractivity contribution in [2.45, 2.75) is 44.8 Å². The monoisotopic (exact) mass is 718 g/mol. The second kappa shape index (κ2) is 16.2. The Morgan fingerprint density at radius 1 is 0.961 bits per heavy atom. The maximum atomic E-state index is 14.1. The van der Waals surface area contributed by atoms with Crippen LogP contribution in [0.25, 0.3) is 11.1 Å². The van der Waals surface area contributed by atoms with E-state index in [9.17, 15) is 14.4 Å². The summed E-state index contributed by atoms with van der Waals surface area (Å²) < 4.78 is 28.2. The number of methoxy groups -OCH3 is 3. The fourth-order valence-electron chi connectivity index (χ4n) is 7.15. The fraction of sp³-hybridized carbons (Fsp3) is 0.447. The number of ether oxygens (including phenoxy) is 5. The molecular formula is C38H46N4O8S. The summed E-state index contributed by atoms with van der Waals surface area (Å²) in [5.74, 6) is 3.50. The first-order valence-corrected chi connectivity index (χ1v) is 18.6. The number of nitrogens with zero attached hydrogens (tertiary/aromatic N) is 2. The van der Waals surface area contributed by atoms with Crippen molar-refractivity contribution in [3.8, 4) is 39.9 Å². The average Bonchev–Trinajstić information content (AvgIpc) is 3.48. The zero-order valence-electron chi connectivity index (χ0n) is 29.8. The number of amides is 2. The Morgan fingerprint density at radius 3 is 2.43 bits per heavy atom. The molecule has 3 aromatic rings. The lowest BCUT2D eigenvalue weighted by molar-refractivity contribution is -0.133. The Bertz CT molecular complexity index is 1830. The summed E-state index contributed by atoms with van der Waals surface area (Å²) in [4.78, 5) is 44.7. The number of benzene rings is 2. The molecule has 13 heteroatoms. The Labute approximate surface area is 302 Å². The number of carbonyl (C=O) groups excluding carboxylic acids is 2. The van der Waals surface area contributed by atoms with Gasteiger partial charge in [-0.3, -0.25) is 19.3 Å². The molecule has 1 saturated heterocycles. The SMILES string of the molecule is COc1cc2c(c(OC)c1OC)-c1ccc(N[C@@H](CCSC)C(=O)N3CCN(Cc4ccc5c(c4)OCO5)CC3)c(=O)cc1[C@@H](NC(C)=O)CC2. The maximum Gasteiger partial charge on any atom is 0.245 e. The van der Waals surface area contributed by atoms with E-state index in [4.69, 9.17) is 23.7 Å². The third-order valence-corrected chi connectivity index (χ3v) is 10.3. The number of rotatable bonds is 12. The van der Waals surface area contributed by atoms with Gasteiger partial charge in [-0.25, -0.2) is 0 Å². The Kier molecular flexibility index (Phi) is 11.5. The van der Waals surface area contributed by atoms with Crippen LogP contribution in [0.3, 0.4) is 0 Å². The number of thioether (sulfide) groups is 1. The fourth-order valence-corrected chi connectivity index (χ4v) is 7.62. The van der Waals surface area contributed by atoms with Crippen molar-refractivity contribution in [1.82, 2.24) is 15.1 Å². The van der Waals surface area contributed by atoms with Gasteiger partial charge in [0.1, 0.15) is 6.04 Å². The Balaban J connectivity index is 1.27. The van der Waals surface area contributed by atoms with Gasteiger partial charge < -0.3 is 39.2 Å². The van der Waals surface area contributed by atoms with Crippen molar-refractivity contribution >= 4 is 29.3 Å². The van der Waals surface area contributed by atoms with Crippen LogP contribution in [-0.4, -0.2) is 94.0 Å². The van der Waals surface area contributed by atoms with Crippen LogP contribution in [0.1, 0.15) is 42.5 Å². The highest BCUT2D eigenvalue weighted by atomic mass is 32.2. The summed E-state index contributed by atoms with van der Waals surface area (Å²) >= 11 is 1.66. The number of hydrogen-bond donors (Lipinski definition) is 2. The Hall–Kier alpha value is -4.62. The van der Waals surface area contributed by atoms with E-state index < -0.39 is 12.1 Å². The van der Waals surface area contributed by atoms with Crippen molar-refractivity contribution in [3.05, 3.63) is 69.4 Å². The molecule has 0 bridgehead atoms. The molecule has 51 heavy (non-hydrogen) atoms. The molecule has 1 aliphatic carbocycles. The van der Waals surface area contributed by atoms with Gasteiger partial charge in [0.2, 0.25) is 29.8 Å². The van der Waals surface area contributed by atoms with Crippen molar-refractivity contribution in [2.75, 3.05) is 71.6 Å². The first-order chi connectivity index (χ1) is 24.7. The highest BCUT2D eigenvalue weighted by Gasteiger charge is 2.31. The summed E-state index contributed by atoms with van der Waals surface area (Å²) in [5.41, 5.74) is 4.28. The lowest BCUT2D eigenvalue weighted by Gasteiger charge is -2.36. The molecule has 272 valence electrons. The maximum absolute atomic E-state index is 14.1. The van der Waals surface area contributed by atoms with Crippen LogP contribution in [0.2, 0.25) is 0 Å². The average molecular weight is 719 g/mol. The van der Waals surface area contributed by atoms with Gasteiger partial charge in [0.05, 0.1) is 33.1 Å². The van der Waals surface area contributed by atoms with Crippen LogP contribution in [0.4, 0.5) is 5.69 Å². The molecule has 0 radical (unpaired) electrons. The number of nitrogens with one attached hydrogen (secondary N) is 2. The quantitative estimate of drug-likeness (QED) is 0.276. The van der Waals surface area contributed by atoms with Crippen molar-refractivity contribution in [1.29, 1.82) is 0 Å². The first kappa shape index (κ1) is 36.2. The summed E-state index contributed by atoms with van der Waals surface area (Å²) in [6.07, 6.45) is 3.71. The number of fused-ring (bicyclic) bond motifs is 4. The van der Waals surface area contributed by atoms with E-state index in [0.717, 1.165) is 59.1 Å². The van der Waals surface area contributed by atoms with E-state index in [1.165, 1.54) is 6.92 Å². The first-order valence-electron chi connectivity index (χ1n) is 17.2. The normalized spacial score (nSPS) is 17.0. The number of carbonyl (C=O) groups is 2. The molecule has 0 saturated carbocycles. The van der Waals surface area contributed by atoms with Crippen LogP contribution >= 0.6 is 11.8 Å². The van der Waals surface area contributed by atoms with Crippen molar-refractivity contribution in [2.24, 2.45) is 0 Å². The third-order valence-electron chi connectivity index (χ3n) is 9.68. The standard InChI is InChI=1S/C38H46N4O8S/c1-23(43)39-28-9-7-25-19-34(46-2)36(47-3)37(48-4)35(25)26-8-10-29(31(44)20-27(26)28)40-30(12-17-51-5)38(45)42-15-13-41(14-16-42)21-24-6-11-32-33(18-24)50-22-49-32/h6,8,10-11,18-20,28,30H,7,9,12-17,21-22H2,1-5H3,(H,39,43)(H,40,44)/t28-,30-/m0/s1. The van der Waals surface area contributed by atoms with Gasteiger partial charge in [-0.2, -0.15) is 11.8 Å². The van der Waals surface area contributed by atoms with Gasteiger partial charge in [-0.1, -0.05) is 12.1 Å². The van der Waals surface area contributed by atoms with Crippen LogP contribution in [0, 0.1) is 0 Å². The number of anilines is 1. The molecule has 3 aliphatic rings. The van der Waals surface area contributed by atoms with Gasteiger partial charge in [0.15, 0.2) is 23.0 Å². The number of aryl methyl sites for hydroxylation is 1. The van der Waals surface area contributed by atoms with E-state index in [2.05, 4.69) is 15.5 Å². The van der Waals surface area contributed by atoms with Crippen LogP contribution in [-0.2, 0) is 22.6 Å². The Morgan fingerprint density at radius 2 is 1.73 bits per heavy atom. The number of hydrogen-bond acceptors (Lipinski definition) is 11. The zero-order chi connectivity index (χ0) is 36.1. The molecule has 6 rings (SSSR count). The molecule has 3 aromatic carbocycles. The molecule has 2 N–H and O–H groups in total. The van der Waals surface area contributed by atoms with Crippen molar-refractivity contribution < 1.29 is 33.3 Å². The zero-order valence-corrected chi connectivity index (χ0v) is 30.7. The van der Waals surface area contributed by atoms with E-state index in [-0.39, 0.29) is 24.0 Å². The highest BCUT2D eigenvalue weighted by Crippen LogP contribution is 2.50. The van der Waals surface area contributed by atoms with E-state index in [1.807, 2.05) is 41.5 Å². The predicted molar refractivity (Wildman–Crippen MR) is 198 cm³/mol. The largest absolute Gasteiger partial charge is 0.493 e. The van der Waals surface area contributed by atoms with E-state index in [0.29, 0.717) is 60.9 Å².